The molecule has 3 fully saturated rings. The third-order valence-corrected chi connectivity index (χ3v) is 5.28. The van der Waals surface area contributed by atoms with Gasteiger partial charge in [0.15, 0.2) is 5.78 Å². The van der Waals surface area contributed by atoms with Crippen molar-refractivity contribution >= 4 is 17.7 Å². The van der Waals surface area contributed by atoms with Crippen molar-refractivity contribution in [3.05, 3.63) is 23.0 Å². The minimum Gasteiger partial charge on any atom is -0.345 e. The van der Waals surface area contributed by atoms with Crippen molar-refractivity contribution in [3.63, 3.8) is 0 Å². The van der Waals surface area contributed by atoms with Crippen LogP contribution in [0.25, 0.3) is 0 Å². The summed E-state index contributed by atoms with van der Waals surface area (Å²) in [6.07, 6.45) is 3.89. The van der Waals surface area contributed by atoms with E-state index in [0.29, 0.717) is 24.6 Å². The Morgan fingerprint density at radius 1 is 1.22 bits per heavy atom. The lowest BCUT2D eigenvalue weighted by Crippen LogP contribution is -2.37. The number of aromatic nitrogens is 1. The first kappa shape index (κ1) is 14.5. The lowest BCUT2D eigenvalue weighted by atomic mass is 10.1. The molecule has 122 valence electrons. The number of imide groups is 1. The van der Waals surface area contributed by atoms with Gasteiger partial charge in [-0.1, -0.05) is 0 Å². The molecule has 0 aromatic carbocycles. The monoisotopic (exact) mass is 315 g/mol. The number of urea groups is 1. The van der Waals surface area contributed by atoms with E-state index in [1.807, 2.05) is 19.9 Å². The molecule has 0 bridgehead atoms. The van der Waals surface area contributed by atoms with E-state index < -0.39 is 0 Å². The van der Waals surface area contributed by atoms with Gasteiger partial charge in [0.25, 0.3) is 5.91 Å². The van der Waals surface area contributed by atoms with E-state index in [2.05, 4.69) is 4.57 Å². The Morgan fingerprint density at radius 3 is 2.61 bits per heavy atom. The minimum atomic E-state index is -0.339. The van der Waals surface area contributed by atoms with E-state index in [1.54, 1.807) is 4.90 Å². The SMILES string of the molecule is Cc1cc(C(=O)CN2C(=O)[C@@H]3CCCN3C2=O)c(C)n1C1CC1. The maximum absolute atomic E-state index is 12.7. The molecule has 1 aromatic rings. The van der Waals surface area contributed by atoms with Crippen molar-refractivity contribution in [1.82, 2.24) is 14.4 Å². The molecule has 23 heavy (non-hydrogen) atoms. The summed E-state index contributed by atoms with van der Waals surface area (Å²) in [5.41, 5.74) is 2.67. The largest absolute Gasteiger partial charge is 0.345 e. The second kappa shape index (κ2) is 4.94. The van der Waals surface area contributed by atoms with Crippen molar-refractivity contribution < 1.29 is 14.4 Å². The number of rotatable bonds is 4. The van der Waals surface area contributed by atoms with E-state index in [4.69, 9.17) is 0 Å². The topological polar surface area (TPSA) is 62.6 Å². The van der Waals surface area contributed by atoms with Gasteiger partial charge in [0, 0.05) is 29.5 Å². The Bertz CT molecular complexity index is 695. The number of hydrogen-bond acceptors (Lipinski definition) is 3. The van der Waals surface area contributed by atoms with Gasteiger partial charge >= 0.3 is 6.03 Å². The van der Waals surface area contributed by atoms with Crippen LogP contribution in [0.4, 0.5) is 4.79 Å². The predicted molar refractivity (Wildman–Crippen MR) is 83.3 cm³/mol. The average Bonchev–Trinajstić information content (AvgIpc) is 3.06. The van der Waals surface area contributed by atoms with Crippen molar-refractivity contribution in [2.24, 2.45) is 0 Å². The Balaban J connectivity index is 1.56. The Morgan fingerprint density at radius 2 is 1.96 bits per heavy atom. The average molecular weight is 315 g/mol. The number of ketones is 1. The minimum absolute atomic E-state index is 0.139. The summed E-state index contributed by atoms with van der Waals surface area (Å²) in [6, 6.07) is 1.76. The molecule has 0 radical (unpaired) electrons. The summed E-state index contributed by atoms with van der Waals surface area (Å²) >= 11 is 0. The first-order valence-corrected chi connectivity index (χ1v) is 8.32. The molecular formula is C17H21N3O3. The van der Waals surface area contributed by atoms with Gasteiger partial charge in [0.1, 0.15) is 6.04 Å². The van der Waals surface area contributed by atoms with Crippen LogP contribution in [0.15, 0.2) is 6.07 Å². The Kier molecular flexibility index (Phi) is 3.11. The molecule has 1 aliphatic carbocycles. The van der Waals surface area contributed by atoms with E-state index >= 15 is 0 Å². The van der Waals surface area contributed by atoms with Crippen molar-refractivity contribution in [2.45, 2.75) is 51.6 Å². The summed E-state index contributed by atoms with van der Waals surface area (Å²) in [7, 11) is 0. The first-order valence-electron chi connectivity index (χ1n) is 8.32. The van der Waals surface area contributed by atoms with E-state index in [1.165, 1.54) is 0 Å². The number of fused-ring (bicyclic) bond motifs is 1. The lowest BCUT2D eigenvalue weighted by Gasteiger charge is -2.15. The highest BCUT2D eigenvalue weighted by atomic mass is 16.2. The van der Waals surface area contributed by atoms with Gasteiger partial charge in [-0.3, -0.25) is 14.5 Å². The number of nitrogens with zero attached hydrogens (tertiary/aromatic N) is 3. The van der Waals surface area contributed by atoms with Gasteiger partial charge in [-0.15, -0.1) is 0 Å². The lowest BCUT2D eigenvalue weighted by molar-refractivity contribution is -0.127. The number of amides is 3. The van der Waals surface area contributed by atoms with Gasteiger partial charge in [-0.25, -0.2) is 4.79 Å². The highest BCUT2D eigenvalue weighted by Crippen LogP contribution is 2.38. The zero-order valence-electron chi connectivity index (χ0n) is 13.5. The summed E-state index contributed by atoms with van der Waals surface area (Å²) in [5.74, 6) is -0.357. The zero-order valence-corrected chi connectivity index (χ0v) is 13.5. The van der Waals surface area contributed by atoms with Crippen LogP contribution in [0, 0.1) is 13.8 Å². The molecule has 1 atom stereocenters. The number of aryl methyl sites for hydroxylation is 1. The maximum Gasteiger partial charge on any atom is 0.327 e. The molecule has 3 heterocycles. The summed E-state index contributed by atoms with van der Waals surface area (Å²) in [5, 5.41) is 0. The van der Waals surface area contributed by atoms with Crippen molar-refractivity contribution in [3.8, 4) is 0 Å². The van der Waals surface area contributed by atoms with Gasteiger partial charge in [0.05, 0.1) is 6.54 Å². The molecular weight excluding hydrogens is 294 g/mol. The van der Waals surface area contributed by atoms with Crippen LogP contribution in [0.2, 0.25) is 0 Å². The van der Waals surface area contributed by atoms with Crippen LogP contribution in [-0.2, 0) is 4.79 Å². The van der Waals surface area contributed by atoms with Crippen molar-refractivity contribution in [2.75, 3.05) is 13.1 Å². The van der Waals surface area contributed by atoms with Crippen LogP contribution in [0.5, 0.6) is 0 Å². The molecule has 6 nitrogen and oxygen atoms in total. The highest BCUT2D eigenvalue weighted by Gasteiger charge is 2.47. The summed E-state index contributed by atoms with van der Waals surface area (Å²) < 4.78 is 2.21. The number of carbonyl (C=O) groups is 3. The second-order valence-electron chi connectivity index (χ2n) is 6.87. The molecule has 3 amide bonds. The molecule has 1 saturated carbocycles. The van der Waals surface area contributed by atoms with E-state index in [9.17, 15) is 14.4 Å². The molecule has 4 rings (SSSR count). The van der Waals surface area contributed by atoms with Crippen LogP contribution < -0.4 is 0 Å². The summed E-state index contributed by atoms with van der Waals surface area (Å²) in [6.45, 7) is 4.44. The van der Waals surface area contributed by atoms with Gasteiger partial charge in [-0.2, -0.15) is 0 Å². The molecule has 6 heteroatoms. The fraction of sp³-hybridized carbons (Fsp3) is 0.588. The first-order chi connectivity index (χ1) is 11.0. The van der Waals surface area contributed by atoms with Crippen LogP contribution >= 0.6 is 0 Å². The molecule has 2 saturated heterocycles. The molecule has 1 aromatic heterocycles. The predicted octanol–water partition coefficient (Wildman–Crippen LogP) is 2.05. The van der Waals surface area contributed by atoms with Crippen LogP contribution in [0.1, 0.15) is 53.5 Å². The Labute approximate surface area is 135 Å². The highest BCUT2D eigenvalue weighted by molar-refractivity contribution is 6.09. The standard InChI is InChI=1S/C17H21N3O3/c1-10-8-13(11(2)20(10)12-5-6-12)15(21)9-19-16(22)14-4-3-7-18(14)17(19)23/h8,12,14H,3-7,9H2,1-2H3/t14-/m0/s1. The fourth-order valence-electron chi connectivity index (χ4n) is 4.01. The molecule has 0 N–H and O–H groups in total. The Hall–Kier alpha value is -2.11. The zero-order chi connectivity index (χ0) is 16.3. The molecule has 3 aliphatic rings. The second-order valence-corrected chi connectivity index (χ2v) is 6.87. The third-order valence-electron chi connectivity index (χ3n) is 5.28. The van der Waals surface area contributed by atoms with Gasteiger partial charge < -0.3 is 9.47 Å². The quantitative estimate of drug-likeness (QED) is 0.631. The summed E-state index contributed by atoms with van der Waals surface area (Å²) in [4.78, 5) is 40.1. The third kappa shape index (κ3) is 2.11. The maximum atomic E-state index is 12.7. The molecule has 0 unspecified atom stereocenters. The fourth-order valence-corrected chi connectivity index (χ4v) is 4.01. The van der Waals surface area contributed by atoms with Crippen LogP contribution in [0.3, 0.4) is 0 Å². The molecule has 2 aliphatic heterocycles. The van der Waals surface area contributed by atoms with Crippen molar-refractivity contribution in [1.29, 1.82) is 0 Å². The molecule has 0 spiro atoms. The smallest absolute Gasteiger partial charge is 0.327 e. The van der Waals surface area contributed by atoms with Crippen LogP contribution in [-0.4, -0.2) is 51.2 Å². The number of carbonyl (C=O) groups excluding carboxylic acids is 3. The number of Topliss-reactive ketones (excluding diaryl/α,β-unsaturated/α-hetero) is 1. The number of hydrogen-bond donors (Lipinski definition) is 0. The van der Waals surface area contributed by atoms with Gasteiger partial charge in [0.2, 0.25) is 0 Å². The van der Waals surface area contributed by atoms with E-state index in [0.717, 1.165) is 35.6 Å². The van der Waals surface area contributed by atoms with Gasteiger partial charge in [-0.05, 0) is 45.6 Å². The van der Waals surface area contributed by atoms with E-state index in [-0.39, 0.29) is 30.3 Å². The normalized spacial score (nSPS) is 23.8.